The molecule has 4 fully saturated rings. The van der Waals surface area contributed by atoms with Crippen molar-refractivity contribution in [2.75, 3.05) is 0 Å². The van der Waals surface area contributed by atoms with Gasteiger partial charge in [-0.15, -0.1) is 5.16 Å². The van der Waals surface area contributed by atoms with Crippen molar-refractivity contribution in [2.24, 2.45) is 46.6 Å². The average Bonchev–Trinajstić information content (AvgIpc) is 2.91. The van der Waals surface area contributed by atoms with E-state index >= 15 is 0 Å². The Morgan fingerprint density at radius 2 is 1.30 bits per heavy atom. The van der Waals surface area contributed by atoms with Gasteiger partial charge in [0.25, 0.3) is 0 Å². The van der Waals surface area contributed by atoms with E-state index in [9.17, 15) is 0 Å². The molecule has 0 aromatic carbocycles. The first kappa shape index (κ1) is 13.2. The molecule has 0 spiro atoms. The van der Waals surface area contributed by atoms with Crippen molar-refractivity contribution < 1.29 is 5.21 Å². The van der Waals surface area contributed by atoms with Crippen LogP contribution in [-0.2, 0) is 0 Å². The Balaban J connectivity index is 1.52. The Kier molecular flexibility index (Phi) is 3.52. The lowest BCUT2D eigenvalue weighted by Gasteiger charge is -2.52. The summed E-state index contributed by atoms with van der Waals surface area (Å²) in [6, 6.07) is 0. The van der Waals surface area contributed by atoms with E-state index in [0.717, 1.165) is 35.5 Å². The average molecular weight is 275 g/mol. The molecule has 0 heterocycles. The lowest BCUT2D eigenvalue weighted by atomic mass is 9.53. The highest BCUT2D eigenvalue weighted by atomic mass is 16.4. The standard InChI is InChI=1S/C18H29NO/c20-19-11-13-6-8-16-15(13)9-10-17-14-4-2-1-3-12(14)5-7-18(16)17/h11-18,20H,1-10H2/t12-,13?,14+,15-,16-,17-,18+/m1/s1. The van der Waals surface area contributed by atoms with Crippen LogP contribution < -0.4 is 0 Å². The number of rotatable bonds is 1. The van der Waals surface area contributed by atoms with Crippen LogP contribution in [0.2, 0.25) is 0 Å². The summed E-state index contributed by atoms with van der Waals surface area (Å²) in [5.41, 5.74) is 0. The number of oxime groups is 1. The van der Waals surface area contributed by atoms with Crippen LogP contribution >= 0.6 is 0 Å². The van der Waals surface area contributed by atoms with Crippen LogP contribution in [0.15, 0.2) is 5.16 Å². The van der Waals surface area contributed by atoms with Gasteiger partial charge in [-0.3, -0.25) is 0 Å². The third kappa shape index (κ3) is 2.02. The topological polar surface area (TPSA) is 32.6 Å². The van der Waals surface area contributed by atoms with Crippen LogP contribution in [0, 0.1) is 41.4 Å². The second kappa shape index (κ2) is 5.35. The minimum atomic E-state index is 0.579. The van der Waals surface area contributed by atoms with Gasteiger partial charge in [0.2, 0.25) is 0 Å². The Bertz CT molecular complexity index is 380. The van der Waals surface area contributed by atoms with Crippen molar-refractivity contribution in [1.82, 2.24) is 0 Å². The van der Waals surface area contributed by atoms with Gasteiger partial charge in [0.1, 0.15) is 0 Å². The van der Waals surface area contributed by atoms with E-state index in [2.05, 4.69) is 5.16 Å². The Morgan fingerprint density at radius 3 is 2.20 bits per heavy atom. The van der Waals surface area contributed by atoms with Crippen LogP contribution in [0.3, 0.4) is 0 Å². The molecular formula is C18H29NO. The van der Waals surface area contributed by atoms with Crippen molar-refractivity contribution in [3.8, 4) is 0 Å². The maximum absolute atomic E-state index is 8.87. The van der Waals surface area contributed by atoms with Gasteiger partial charge in [0.05, 0.1) is 0 Å². The number of hydrogen-bond donors (Lipinski definition) is 1. The first-order valence-electron chi connectivity index (χ1n) is 9.06. The summed E-state index contributed by atoms with van der Waals surface area (Å²) in [6.45, 7) is 0. The lowest BCUT2D eigenvalue weighted by Crippen LogP contribution is -2.44. The zero-order valence-corrected chi connectivity index (χ0v) is 12.6. The quantitative estimate of drug-likeness (QED) is 0.419. The lowest BCUT2D eigenvalue weighted by molar-refractivity contribution is -0.0210. The summed E-state index contributed by atoms with van der Waals surface area (Å²) in [5, 5.41) is 12.2. The molecule has 0 aromatic rings. The molecule has 1 N–H and O–H groups in total. The summed E-state index contributed by atoms with van der Waals surface area (Å²) < 4.78 is 0. The summed E-state index contributed by atoms with van der Waals surface area (Å²) in [5.74, 6) is 6.61. The Hall–Kier alpha value is -0.530. The van der Waals surface area contributed by atoms with E-state index < -0.39 is 0 Å². The fourth-order valence-electron chi connectivity index (χ4n) is 6.80. The molecule has 0 saturated heterocycles. The molecule has 1 unspecified atom stereocenters. The van der Waals surface area contributed by atoms with Crippen molar-refractivity contribution in [1.29, 1.82) is 0 Å². The SMILES string of the molecule is ON=CC1CC[C@H]2[C@@H]3CC[C@H]4CCCC[C@@H]4[C@H]3CC[C@H]12. The fourth-order valence-corrected chi connectivity index (χ4v) is 6.80. The van der Waals surface area contributed by atoms with Gasteiger partial charge >= 0.3 is 0 Å². The molecule has 0 aromatic heterocycles. The second-order valence-corrected chi connectivity index (χ2v) is 8.02. The van der Waals surface area contributed by atoms with E-state index in [-0.39, 0.29) is 0 Å². The Labute approximate surface area is 123 Å². The van der Waals surface area contributed by atoms with Crippen LogP contribution in [0.4, 0.5) is 0 Å². The molecule has 4 aliphatic carbocycles. The van der Waals surface area contributed by atoms with Crippen LogP contribution in [0.25, 0.3) is 0 Å². The molecular weight excluding hydrogens is 246 g/mol. The summed E-state index contributed by atoms with van der Waals surface area (Å²) in [7, 11) is 0. The smallest absolute Gasteiger partial charge is 0.0469 e. The predicted molar refractivity (Wildman–Crippen MR) is 80.9 cm³/mol. The van der Waals surface area contributed by atoms with Crippen molar-refractivity contribution in [2.45, 2.75) is 64.2 Å². The highest BCUT2D eigenvalue weighted by molar-refractivity contribution is 5.61. The van der Waals surface area contributed by atoms with Crippen molar-refractivity contribution in [3.05, 3.63) is 0 Å². The van der Waals surface area contributed by atoms with Gasteiger partial charge in [0, 0.05) is 12.1 Å². The first-order valence-corrected chi connectivity index (χ1v) is 9.06. The zero-order valence-electron chi connectivity index (χ0n) is 12.6. The zero-order chi connectivity index (χ0) is 13.5. The van der Waals surface area contributed by atoms with Crippen molar-refractivity contribution >= 4 is 6.21 Å². The molecule has 112 valence electrons. The molecule has 0 bridgehead atoms. The molecule has 0 radical (unpaired) electrons. The van der Waals surface area contributed by atoms with Gasteiger partial charge in [-0.05, 0) is 80.5 Å². The minimum Gasteiger partial charge on any atom is -0.411 e. The van der Waals surface area contributed by atoms with E-state index in [1.165, 1.54) is 64.2 Å². The molecule has 4 saturated carbocycles. The molecule has 20 heavy (non-hydrogen) atoms. The second-order valence-electron chi connectivity index (χ2n) is 8.02. The molecule has 7 atom stereocenters. The largest absolute Gasteiger partial charge is 0.411 e. The molecule has 4 rings (SSSR count). The van der Waals surface area contributed by atoms with Gasteiger partial charge in [0.15, 0.2) is 0 Å². The summed E-state index contributed by atoms with van der Waals surface area (Å²) in [6.07, 6.45) is 16.5. The summed E-state index contributed by atoms with van der Waals surface area (Å²) in [4.78, 5) is 0. The van der Waals surface area contributed by atoms with E-state index in [0.29, 0.717) is 5.92 Å². The highest BCUT2D eigenvalue weighted by Crippen LogP contribution is 2.58. The maximum atomic E-state index is 8.87. The number of hydrogen-bond acceptors (Lipinski definition) is 2. The van der Waals surface area contributed by atoms with E-state index in [1.54, 1.807) is 0 Å². The molecule has 0 aliphatic heterocycles. The molecule has 2 heteroatoms. The van der Waals surface area contributed by atoms with E-state index in [4.69, 9.17) is 5.21 Å². The summed E-state index contributed by atoms with van der Waals surface area (Å²) >= 11 is 0. The predicted octanol–water partition coefficient (Wildman–Crippen LogP) is 4.72. The fraction of sp³-hybridized carbons (Fsp3) is 0.944. The van der Waals surface area contributed by atoms with Crippen LogP contribution in [0.1, 0.15) is 64.2 Å². The minimum absolute atomic E-state index is 0.579. The molecule has 4 aliphatic rings. The molecule has 2 nitrogen and oxygen atoms in total. The number of fused-ring (bicyclic) bond motifs is 5. The maximum Gasteiger partial charge on any atom is 0.0469 e. The van der Waals surface area contributed by atoms with Crippen LogP contribution in [0.5, 0.6) is 0 Å². The number of nitrogens with zero attached hydrogens (tertiary/aromatic N) is 1. The van der Waals surface area contributed by atoms with Gasteiger partial charge in [-0.25, -0.2) is 0 Å². The third-order valence-electron chi connectivity index (χ3n) is 7.51. The van der Waals surface area contributed by atoms with Crippen LogP contribution in [-0.4, -0.2) is 11.4 Å². The van der Waals surface area contributed by atoms with Gasteiger partial charge in [-0.2, -0.15) is 0 Å². The van der Waals surface area contributed by atoms with Crippen molar-refractivity contribution in [3.63, 3.8) is 0 Å². The molecule has 0 amide bonds. The van der Waals surface area contributed by atoms with E-state index in [1.807, 2.05) is 6.21 Å². The monoisotopic (exact) mass is 275 g/mol. The third-order valence-corrected chi connectivity index (χ3v) is 7.51. The highest BCUT2D eigenvalue weighted by Gasteiger charge is 2.50. The normalized spacial score (nSPS) is 51.5. The Morgan fingerprint density at radius 1 is 0.650 bits per heavy atom. The van der Waals surface area contributed by atoms with Gasteiger partial charge in [-0.1, -0.05) is 19.3 Å². The first-order chi connectivity index (χ1) is 9.88. The van der Waals surface area contributed by atoms with Gasteiger partial charge < -0.3 is 5.21 Å².